The molecule has 4 heteroatoms. The first kappa shape index (κ1) is 14.5. The molecular weight excluding hydrogens is 266 g/mol. The summed E-state index contributed by atoms with van der Waals surface area (Å²) in [6, 6.07) is 0. The zero-order valence-corrected chi connectivity index (χ0v) is 13.9. The lowest BCUT2D eigenvalue weighted by molar-refractivity contribution is 0.00415. The van der Waals surface area contributed by atoms with Gasteiger partial charge in [-0.2, -0.15) is 0 Å². The van der Waals surface area contributed by atoms with Crippen molar-refractivity contribution in [2.24, 2.45) is 0 Å². The third kappa shape index (κ3) is 2.92. The summed E-state index contributed by atoms with van der Waals surface area (Å²) in [6.07, 6.45) is 6.87. The summed E-state index contributed by atoms with van der Waals surface area (Å²) in [4.78, 5) is 7.32. The summed E-state index contributed by atoms with van der Waals surface area (Å²) in [5.41, 5.74) is 1.84. The quantitative estimate of drug-likeness (QED) is 0.906. The van der Waals surface area contributed by atoms with Crippen LogP contribution in [-0.2, 0) is 6.54 Å². The number of hydrogen-bond donors (Lipinski definition) is 1. The maximum Gasteiger partial charge on any atom is 0.0897 e. The van der Waals surface area contributed by atoms with Gasteiger partial charge in [0.05, 0.1) is 10.7 Å². The molecule has 0 atom stereocenters. The summed E-state index contributed by atoms with van der Waals surface area (Å²) < 4.78 is 0. The lowest BCUT2D eigenvalue weighted by Gasteiger charge is -2.53. The molecule has 1 N–H and O–H groups in total. The van der Waals surface area contributed by atoms with Gasteiger partial charge in [-0.05, 0) is 33.6 Å². The van der Waals surface area contributed by atoms with Crippen molar-refractivity contribution in [2.75, 3.05) is 13.1 Å². The van der Waals surface area contributed by atoms with Gasteiger partial charge in [0.15, 0.2) is 0 Å². The van der Waals surface area contributed by atoms with E-state index in [1.165, 1.54) is 49.4 Å². The molecule has 0 aromatic carbocycles. The second kappa shape index (κ2) is 5.39. The van der Waals surface area contributed by atoms with Gasteiger partial charge in [-0.3, -0.25) is 4.90 Å². The molecule has 20 heavy (non-hydrogen) atoms. The highest BCUT2D eigenvalue weighted by molar-refractivity contribution is 7.09. The molecule has 1 spiro atoms. The third-order valence-electron chi connectivity index (χ3n) is 5.08. The van der Waals surface area contributed by atoms with Crippen LogP contribution in [0.15, 0.2) is 5.38 Å². The number of rotatable bonds is 2. The molecule has 2 fully saturated rings. The van der Waals surface area contributed by atoms with E-state index < -0.39 is 0 Å². The van der Waals surface area contributed by atoms with Crippen LogP contribution in [0.3, 0.4) is 0 Å². The largest absolute Gasteiger partial charge is 0.308 e. The van der Waals surface area contributed by atoms with Gasteiger partial charge >= 0.3 is 0 Å². The first-order chi connectivity index (χ1) is 9.49. The Hall–Kier alpha value is -0.450. The highest BCUT2D eigenvalue weighted by Crippen LogP contribution is 2.35. The van der Waals surface area contributed by atoms with E-state index in [0.717, 1.165) is 13.1 Å². The number of aryl methyl sites for hydroxylation is 1. The molecule has 2 heterocycles. The molecule has 0 radical (unpaired) electrons. The van der Waals surface area contributed by atoms with Crippen molar-refractivity contribution >= 4 is 11.3 Å². The molecule has 0 amide bonds. The van der Waals surface area contributed by atoms with Crippen LogP contribution >= 0.6 is 11.3 Å². The molecule has 0 unspecified atom stereocenters. The van der Waals surface area contributed by atoms with Crippen molar-refractivity contribution in [2.45, 2.75) is 70.5 Å². The number of nitrogens with one attached hydrogen (secondary N) is 1. The minimum Gasteiger partial charge on any atom is -0.308 e. The van der Waals surface area contributed by atoms with E-state index in [9.17, 15) is 0 Å². The predicted molar refractivity (Wildman–Crippen MR) is 85.2 cm³/mol. The van der Waals surface area contributed by atoms with Gasteiger partial charge in [-0.1, -0.05) is 19.3 Å². The topological polar surface area (TPSA) is 28.2 Å². The molecule has 2 aliphatic rings. The van der Waals surface area contributed by atoms with Crippen LogP contribution in [0.2, 0.25) is 0 Å². The highest BCUT2D eigenvalue weighted by Gasteiger charge is 2.43. The van der Waals surface area contributed by atoms with Gasteiger partial charge in [0.2, 0.25) is 0 Å². The van der Waals surface area contributed by atoms with Crippen molar-refractivity contribution in [3.05, 3.63) is 16.1 Å². The number of thiazole rings is 1. The molecule has 1 aromatic heterocycles. The van der Waals surface area contributed by atoms with Crippen molar-refractivity contribution in [1.29, 1.82) is 0 Å². The van der Waals surface area contributed by atoms with Crippen LogP contribution in [-0.4, -0.2) is 34.1 Å². The Morgan fingerprint density at radius 2 is 2.05 bits per heavy atom. The first-order valence-corrected chi connectivity index (χ1v) is 8.78. The van der Waals surface area contributed by atoms with Crippen molar-refractivity contribution in [3.8, 4) is 0 Å². The highest BCUT2D eigenvalue weighted by atomic mass is 32.1. The fourth-order valence-electron chi connectivity index (χ4n) is 3.66. The van der Waals surface area contributed by atoms with Gasteiger partial charge in [-0.25, -0.2) is 4.98 Å². The smallest absolute Gasteiger partial charge is 0.0897 e. The zero-order valence-electron chi connectivity index (χ0n) is 13.0. The molecule has 3 nitrogen and oxygen atoms in total. The van der Waals surface area contributed by atoms with Gasteiger partial charge < -0.3 is 5.32 Å². The van der Waals surface area contributed by atoms with Crippen LogP contribution in [0.4, 0.5) is 0 Å². The second-order valence-corrected chi connectivity index (χ2v) is 8.28. The third-order valence-corrected chi connectivity index (χ3v) is 5.90. The number of nitrogens with zero attached hydrogens (tertiary/aromatic N) is 2. The van der Waals surface area contributed by atoms with E-state index in [-0.39, 0.29) is 5.54 Å². The molecule has 1 aliphatic heterocycles. The molecule has 1 aliphatic carbocycles. The normalized spacial score (nSPS) is 25.9. The minimum atomic E-state index is 0.222. The lowest BCUT2D eigenvalue weighted by Crippen LogP contribution is -2.68. The molecule has 1 saturated heterocycles. The zero-order chi connectivity index (χ0) is 14.2. The van der Waals surface area contributed by atoms with Crippen LogP contribution in [0.25, 0.3) is 0 Å². The molecule has 0 bridgehead atoms. The second-order valence-electron chi connectivity index (χ2n) is 7.22. The molecular formula is C16H27N3S. The number of hydrogen-bond acceptors (Lipinski definition) is 4. The Balaban J connectivity index is 1.75. The monoisotopic (exact) mass is 293 g/mol. The van der Waals surface area contributed by atoms with Crippen molar-refractivity contribution in [3.63, 3.8) is 0 Å². The SMILES string of the molecule is Cc1nc(CN2CC3(CCCCC3)NCC2(C)C)cs1. The summed E-state index contributed by atoms with van der Waals surface area (Å²) in [7, 11) is 0. The minimum absolute atomic E-state index is 0.222. The standard InChI is InChI=1S/C16H27N3S/c1-13-18-14(10-20-13)9-19-12-16(7-5-4-6-8-16)17-11-15(19,2)3/h10,17H,4-9,11-12H2,1-3H3. The number of piperazine rings is 1. The summed E-state index contributed by atoms with van der Waals surface area (Å²) >= 11 is 1.77. The summed E-state index contributed by atoms with van der Waals surface area (Å²) in [5.74, 6) is 0. The van der Waals surface area contributed by atoms with Crippen LogP contribution < -0.4 is 5.32 Å². The fourth-order valence-corrected chi connectivity index (χ4v) is 4.26. The summed E-state index contributed by atoms with van der Waals surface area (Å²) in [6.45, 7) is 10.1. The van der Waals surface area contributed by atoms with E-state index in [4.69, 9.17) is 0 Å². The van der Waals surface area contributed by atoms with Crippen molar-refractivity contribution < 1.29 is 0 Å². The number of aromatic nitrogens is 1. The van der Waals surface area contributed by atoms with Crippen LogP contribution in [0.5, 0.6) is 0 Å². The molecule has 1 aromatic rings. The fraction of sp³-hybridized carbons (Fsp3) is 0.812. The Morgan fingerprint density at radius 3 is 2.70 bits per heavy atom. The lowest BCUT2D eigenvalue weighted by atomic mass is 9.77. The van der Waals surface area contributed by atoms with Crippen molar-refractivity contribution in [1.82, 2.24) is 15.2 Å². The van der Waals surface area contributed by atoms with E-state index in [0.29, 0.717) is 5.54 Å². The molecule has 112 valence electrons. The van der Waals surface area contributed by atoms with E-state index in [1.54, 1.807) is 11.3 Å². The predicted octanol–water partition coefficient (Wildman–Crippen LogP) is 3.34. The maximum atomic E-state index is 4.66. The van der Waals surface area contributed by atoms with Gasteiger partial charge in [0, 0.05) is 36.1 Å². The average molecular weight is 293 g/mol. The van der Waals surface area contributed by atoms with Crippen LogP contribution in [0.1, 0.15) is 56.7 Å². The van der Waals surface area contributed by atoms with E-state index >= 15 is 0 Å². The molecule has 1 saturated carbocycles. The van der Waals surface area contributed by atoms with Gasteiger partial charge in [0.25, 0.3) is 0 Å². The Morgan fingerprint density at radius 1 is 1.30 bits per heavy atom. The Labute approximate surface area is 126 Å². The molecule has 3 rings (SSSR count). The average Bonchev–Trinajstić information content (AvgIpc) is 2.82. The first-order valence-electron chi connectivity index (χ1n) is 7.90. The van der Waals surface area contributed by atoms with E-state index in [2.05, 4.69) is 41.4 Å². The maximum absolute atomic E-state index is 4.66. The summed E-state index contributed by atoms with van der Waals surface area (Å²) in [5, 5.41) is 7.29. The Bertz CT molecular complexity index is 460. The van der Waals surface area contributed by atoms with E-state index in [1.807, 2.05) is 0 Å². The Kier molecular flexibility index (Phi) is 3.91. The van der Waals surface area contributed by atoms with Gasteiger partial charge in [0.1, 0.15) is 0 Å². The van der Waals surface area contributed by atoms with Crippen LogP contribution in [0, 0.1) is 6.92 Å². The van der Waals surface area contributed by atoms with Gasteiger partial charge in [-0.15, -0.1) is 11.3 Å².